The summed E-state index contributed by atoms with van der Waals surface area (Å²) in [5.74, 6) is 0. The van der Waals surface area contributed by atoms with Crippen molar-refractivity contribution in [2.75, 3.05) is 0 Å². The fraction of sp³-hybridized carbons (Fsp3) is 0.143. The maximum absolute atomic E-state index is 11.3. The molecule has 0 amide bonds. The van der Waals surface area contributed by atoms with E-state index in [1.807, 2.05) is 0 Å². The molecule has 12 heteroatoms. The van der Waals surface area contributed by atoms with Gasteiger partial charge < -0.3 is 24.7 Å². The second-order valence-electron chi connectivity index (χ2n) is 3.47. The average Bonchev–Trinajstić information content (AvgIpc) is 2.11. The molecule has 0 saturated heterocycles. The summed E-state index contributed by atoms with van der Waals surface area (Å²) < 4.78 is 22.6. The fourth-order valence-electron chi connectivity index (χ4n) is 1.32. The molecule has 0 heterocycles. The van der Waals surface area contributed by atoms with Gasteiger partial charge in [-0.3, -0.25) is 9.13 Å². The van der Waals surface area contributed by atoms with E-state index < -0.39 is 35.9 Å². The smallest absolute Gasteiger partial charge is 0.364 e. The van der Waals surface area contributed by atoms with Crippen molar-refractivity contribution in [1.82, 2.24) is 0 Å². The molecule has 1 rings (SSSR count). The topological polar surface area (TPSA) is 135 Å². The predicted molar refractivity (Wildman–Crippen MR) is 69.5 cm³/mol. The van der Waals surface area contributed by atoms with E-state index in [2.05, 4.69) is 0 Å². The van der Waals surface area contributed by atoms with Crippen molar-refractivity contribution in [3.05, 3.63) is 32.8 Å². The molecular weight excluding hydrogens is 364 g/mol. The second-order valence-corrected chi connectivity index (χ2v) is 8.54. The first kappa shape index (κ1) is 17.4. The molecule has 19 heavy (non-hydrogen) atoms. The van der Waals surface area contributed by atoms with Crippen LogP contribution in [-0.4, -0.2) is 24.7 Å². The van der Waals surface area contributed by atoms with Crippen LogP contribution < -0.4 is 0 Å². The predicted octanol–water partition coefficient (Wildman–Crippen LogP) is 2.10. The van der Waals surface area contributed by atoms with Crippen LogP contribution in [0.25, 0.3) is 0 Å². The minimum Gasteiger partial charge on any atom is -0.364 e. The van der Waals surface area contributed by atoms with Crippen LogP contribution >= 0.6 is 50.0 Å². The summed E-state index contributed by atoms with van der Waals surface area (Å²) in [6.07, 6.45) is 0. The molecule has 5 N–H and O–H groups in total. The summed E-state index contributed by atoms with van der Waals surface area (Å²) in [7, 11) is -11.4. The monoisotopic (exact) mass is 370 g/mol. The van der Waals surface area contributed by atoms with Gasteiger partial charge in [-0.1, -0.05) is 34.8 Å². The van der Waals surface area contributed by atoms with Crippen LogP contribution in [-0.2, 0) is 14.2 Å². The number of benzene rings is 1. The Morgan fingerprint density at radius 1 is 0.895 bits per heavy atom. The molecule has 0 unspecified atom stereocenters. The Bertz CT molecular complexity index is 562. The van der Waals surface area contributed by atoms with Gasteiger partial charge in [0.1, 0.15) is 0 Å². The van der Waals surface area contributed by atoms with E-state index in [9.17, 15) is 14.2 Å². The summed E-state index contributed by atoms with van der Waals surface area (Å²) in [5, 5.41) is 4.80. The number of halogens is 3. The van der Waals surface area contributed by atoms with Crippen molar-refractivity contribution >= 4 is 50.0 Å². The van der Waals surface area contributed by atoms with Crippen LogP contribution in [0.5, 0.6) is 0 Å². The SMILES string of the molecule is O=P(O)(O)C(O)(c1c(Cl)cc(Cl)cc1Cl)P(=O)(O)O. The molecule has 0 aliphatic carbocycles. The zero-order chi connectivity index (χ0) is 15.2. The van der Waals surface area contributed by atoms with Crippen molar-refractivity contribution < 1.29 is 33.8 Å². The van der Waals surface area contributed by atoms with Gasteiger partial charge in [0.25, 0.3) is 5.08 Å². The number of aliphatic hydroxyl groups is 1. The highest BCUT2D eigenvalue weighted by molar-refractivity contribution is 7.71. The molecule has 0 aliphatic heterocycles. The van der Waals surface area contributed by atoms with Gasteiger partial charge >= 0.3 is 15.2 Å². The maximum Gasteiger partial charge on any atom is 0.374 e. The zero-order valence-electron chi connectivity index (χ0n) is 8.74. The van der Waals surface area contributed by atoms with Crippen LogP contribution in [0.4, 0.5) is 0 Å². The molecule has 0 bridgehead atoms. The van der Waals surface area contributed by atoms with E-state index in [0.717, 1.165) is 12.1 Å². The minimum atomic E-state index is -5.72. The standard InChI is InChI=1S/C7H7Cl3O7P2/c8-3-1-4(9)6(5(10)2-3)7(11,18(12,13)14)19(15,16)17/h1-2,11H,(H2,12,13,14)(H2,15,16,17). The van der Waals surface area contributed by atoms with Gasteiger partial charge in [0.05, 0.1) is 10.0 Å². The molecule has 0 aromatic heterocycles. The van der Waals surface area contributed by atoms with E-state index in [1.54, 1.807) is 0 Å². The van der Waals surface area contributed by atoms with Crippen molar-refractivity contribution in [3.8, 4) is 0 Å². The molecule has 0 radical (unpaired) electrons. The molecule has 0 aliphatic rings. The molecule has 0 spiro atoms. The Morgan fingerprint density at radius 2 is 1.21 bits per heavy atom. The van der Waals surface area contributed by atoms with Crippen molar-refractivity contribution in [2.45, 2.75) is 5.08 Å². The van der Waals surface area contributed by atoms with E-state index >= 15 is 0 Å². The Morgan fingerprint density at radius 3 is 1.47 bits per heavy atom. The molecule has 0 atom stereocenters. The molecule has 0 fully saturated rings. The lowest BCUT2D eigenvalue weighted by Crippen LogP contribution is -2.26. The first-order chi connectivity index (χ1) is 8.32. The number of hydrogen-bond acceptors (Lipinski definition) is 3. The Labute approximate surface area is 122 Å². The van der Waals surface area contributed by atoms with Crippen molar-refractivity contribution in [1.29, 1.82) is 0 Å². The normalized spacial score (nSPS) is 13.7. The molecule has 1 aromatic carbocycles. The largest absolute Gasteiger partial charge is 0.374 e. The summed E-state index contributed by atoms with van der Waals surface area (Å²) >= 11 is 16.8. The second kappa shape index (κ2) is 5.28. The summed E-state index contributed by atoms with van der Waals surface area (Å²) in [4.78, 5) is 36.3. The molecule has 0 saturated carbocycles. The van der Waals surface area contributed by atoms with Crippen LogP contribution in [0, 0.1) is 0 Å². The van der Waals surface area contributed by atoms with Crippen LogP contribution in [0.15, 0.2) is 12.1 Å². The van der Waals surface area contributed by atoms with E-state index in [-0.39, 0.29) is 5.02 Å². The van der Waals surface area contributed by atoms with Crippen LogP contribution in [0.3, 0.4) is 0 Å². The highest BCUT2D eigenvalue weighted by Gasteiger charge is 2.62. The first-order valence-corrected chi connectivity index (χ1v) is 8.67. The zero-order valence-corrected chi connectivity index (χ0v) is 12.8. The third-order valence-corrected chi connectivity index (χ3v) is 6.60. The number of hydrogen-bond donors (Lipinski definition) is 5. The average molecular weight is 371 g/mol. The Balaban J connectivity index is 3.82. The Hall–Kier alpha value is 0.350. The third kappa shape index (κ3) is 3.01. The van der Waals surface area contributed by atoms with Crippen molar-refractivity contribution in [2.24, 2.45) is 0 Å². The summed E-state index contributed by atoms with van der Waals surface area (Å²) in [5.41, 5.74) is -0.984. The van der Waals surface area contributed by atoms with Gasteiger partial charge in [0.15, 0.2) is 0 Å². The number of rotatable bonds is 3. The molecule has 7 nitrogen and oxygen atoms in total. The molecular formula is C7H7Cl3O7P2. The van der Waals surface area contributed by atoms with Crippen LogP contribution in [0.1, 0.15) is 5.56 Å². The minimum absolute atomic E-state index is 0.0440. The van der Waals surface area contributed by atoms with E-state index in [1.165, 1.54) is 0 Å². The molecule has 108 valence electrons. The molecule has 1 aromatic rings. The van der Waals surface area contributed by atoms with Gasteiger partial charge in [0.2, 0.25) is 0 Å². The van der Waals surface area contributed by atoms with E-state index in [0.29, 0.717) is 0 Å². The lowest BCUT2D eigenvalue weighted by Gasteiger charge is -2.30. The van der Waals surface area contributed by atoms with Gasteiger partial charge in [-0.15, -0.1) is 0 Å². The van der Waals surface area contributed by atoms with Gasteiger partial charge in [-0.05, 0) is 12.1 Å². The quantitative estimate of drug-likeness (QED) is 0.513. The van der Waals surface area contributed by atoms with Gasteiger partial charge in [-0.25, -0.2) is 0 Å². The van der Waals surface area contributed by atoms with Gasteiger partial charge in [0, 0.05) is 10.6 Å². The van der Waals surface area contributed by atoms with Crippen LogP contribution in [0.2, 0.25) is 15.1 Å². The third-order valence-electron chi connectivity index (χ3n) is 2.15. The highest BCUT2D eigenvalue weighted by Crippen LogP contribution is 2.74. The first-order valence-electron chi connectivity index (χ1n) is 4.31. The Kier molecular flexibility index (Phi) is 4.83. The van der Waals surface area contributed by atoms with E-state index in [4.69, 9.17) is 54.4 Å². The lowest BCUT2D eigenvalue weighted by atomic mass is 10.2. The van der Waals surface area contributed by atoms with Gasteiger partial charge in [-0.2, -0.15) is 0 Å². The maximum atomic E-state index is 11.3. The lowest BCUT2D eigenvalue weighted by molar-refractivity contribution is 0.131. The van der Waals surface area contributed by atoms with Crippen molar-refractivity contribution in [3.63, 3.8) is 0 Å². The summed E-state index contributed by atoms with van der Waals surface area (Å²) in [6.45, 7) is 0. The fourth-order valence-corrected chi connectivity index (χ4v) is 5.10. The summed E-state index contributed by atoms with van der Waals surface area (Å²) in [6, 6.07) is 1.86. The highest BCUT2D eigenvalue weighted by atomic mass is 35.5.